The Labute approximate surface area is 219 Å². The second-order valence-electron chi connectivity index (χ2n) is 10.6. The minimum Gasteiger partial charge on any atom is -0.456 e. The molecule has 0 bridgehead atoms. The van der Waals surface area contributed by atoms with Gasteiger partial charge < -0.3 is 47.9 Å². The third kappa shape index (κ3) is 5.95. The third-order valence-corrected chi connectivity index (χ3v) is 6.37. The monoisotopic (exact) mass is 545 g/mol. The maximum atomic E-state index is 13.6. The maximum Gasteiger partial charge on any atom is 0.303 e. The molecule has 14 heteroatoms. The fourth-order valence-corrected chi connectivity index (χ4v) is 5.18. The van der Waals surface area contributed by atoms with Gasteiger partial charge in [0.1, 0.15) is 18.3 Å². The van der Waals surface area contributed by atoms with E-state index in [1.807, 2.05) is 0 Å². The van der Waals surface area contributed by atoms with E-state index in [4.69, 9.17) is 42.6 Å². The zero-order valence-corrected chi connectivity index (χ0v) is 22.6. The molecule has 0 aromatic rings. The highest BCUT2D eigenvalue weighted by Crippen LogP contribution is 2.44. The number of amides is 1. The average molecular weight is 546 g/mol. The van der Waals surface area contributed by atoms with Crippen LogP contribution in [0.3, 0.4) is 0 Å². The molecular weight excluding hydrogens is 510 g/mol. The molecule has 1 N–H and O–H groups in total. The molecule has 0 aliphatic carbocycles. The Morgan fingerprint density at radius 3 is 1.76 bits per heavy atom. The van der Waals surface area contributed by atoms with Crippen molar-refractivity contribution >= 4 is 23.8 Å². The predicted octanol–water partition coefficient (Wildman–Crippen LogP) is 0.0390. The van der Waals surface area contributed by atoms with Crippen LogP contribution in [0.25, 0.3) is 0 Å². The molecule has 0 saturated carbocycles. The number of carbonyl (C=O) groups is 4. The van der Waals surface area contributed by atoms with Crippen LogP contribution in [0.5, 0.6) is 0 Å². The van der Waals surface area contributed by atoms with Gasteiger partial charge in [-0.15, -0.1) is 0 Å². The summed E-state index contributed by atoms with van der Waals surface area (Å²) >= 11 is 0. The van der Waals surface area contributed by atoms with Crippen molar-refractivity contribution in [2.75, 3.05) is 0 Å². The summed E-state index contributed by atoms with van der Waals surface area (Å²) in [4.78, 5) is 49.2. The van der Waals surface area contributed by atoms with E-state index < -0.39 is 96.7 Å². The van der Waals surface area contributed by atoms with Gasteiger partial charge in [0.05, 0.1) is 6.10 Å². The Morgan fingerprint density at radius 1 is 0.658 bits per heavy atom. The van der Waals surface area contributed by atoms with Gasteiger partial charge in [0.25, 0.3) is 5.91 Å². The molecule has 0 spiro atoms. The van der Waals surface area contributed by atoms with Crippen LogP contribution < -0.4 is 5.32 Å². The van der Waals surface area contributed by atoms with Crippen molar-refractivity contribution in [3.8, 4) is 0 Å². The number of esters is 3. The summed E-state index contributed by atoms with van der Waals surface area (Å²) in [6, 6.07) is 0. The van der Waals surface area contributed by atoms with E-state index in [0.29, 0.717) is 0 Å². The first-order valence-corrected chi connectivity index (χ1v) is 12.4. The van der Waals surface area contributed by atoms with E-state index in [9.17, 15) is 19.2 Å². The van der Waals surface area contributed by atoms with Gasteiger partial charge >= 0.3 is 17.9 Å². The number of nitrogens with one attached hydrogen (secondary N) is 1. The third-order valence-electron chi connectivity index (χ3n) is 6.37. The second kappa shape index (κ2) is 10.3. The van der Waals surface area contributed by atoms with Crippen LogP contribution >= 0.6 is 0 Å². The van der Waals surface area contributed by atoms with Crippen LogP contribution in [0, 0.1) is 0 Å². The molecule has 4 aliphatic heterocycles. The van der Waals surface area contributed by atoms with Gasteiger partial charge in [0, 0.05) is 20.8 Å². The molecule has 14 nitrogen and oxygen atoms in total. The highest BCUT2D eigenvalue weighted by molar-refractivity contribution is 5.82. The summed E-state index contributed by atoms with van der Waals surface area (Å²) in [6.07, 6.45) is -10.2. The standard InChI is InChI=1S/C24H35NO13/c1-9-13(31-10(2)26)14(32-11(3)27)18(33-12(4)28)21(30-9)25-20(29)17-15-16(36-23(5,6)35-15)19-22(34-17)38-24(7,8)37-19/h9,13-19,21-22H,1-8H3,(H,25,29)/t9-,13+,14+,15+,16-,17-,18-,19+,21-,22+/m0/s1. The van der Waals surface area contributed by atoms with Crippen molar-refractivity contribution in [3.05, 3.63) is 0 Å². The second-order valence-corrected chi connectivity index (χ2v) is 10.6. The molecule has 0 aromatic heterocycles. The van der Waals surface area contributed by atoms with Crippen molar-refractivity contribution in [2.45, 2.75) is 128 Å². The Balaban J connectivity index is 1.59. The van der Waals surface area contributed by atoms with Crippen LogP contribution in [0.1, 0.15) is 55.4 Å². The first-order chi connectivity index (χ1) is 17.6. The van der Waals surface area contributed by atoms with Gasteiger partial charge in [-0.25, -0.2) is 0 Å². The number of carbonyl (C=O) groups excluding carboxylic acids is 4. The Bertz CT molecular complexity index is 967. The molecule has 10 atom stereocenters. The van der Waals surface area contributed by atoms with Crippen LogP contribution in [0.4, 0.5) is 0 Å². The maximum absolute atomic E-state index is 13.6. The van der Waals surface area contributed by atoms with Crippen molar-refractivity contribution in [2.24, 2.45) is 0 Å². The molecule has 0 unspecified atom stereocenters. The van der Waals surface area contributed by atoms with Gasteiger partial charge in [-0.1, -0.05) is 0 Å². The van der Waals surface area contributed by atoms with Gasteiger partial charge in [-0.3, -0.25) is 19.2 Å². The molecule has 0 radical (unpaired) electrons. The number of rotatable bonds is 5. The number of ether oxygens (including phenoxy) is 9. The van der Waals surface area contributed by atoms with Crippen LogP contribution in [0.15, 0.2) is 0 Å². The lowest BCUT2D eigenvalue weighted by Gasteiger charge is -2.44. The zero-order chi connectivity index (χ0) is 28.2. The van der Waals surface area contributed by atoms with E-state index in [0.717, 1.165) is 13.8 Å². The molecule has 4 aliphatic rings. The number of hydrogen-bond donors (Lipinski definition) is 1. The molecule has 1 amide bonds. The fraction of sp³-hybridized carbons (Fsp3) is 0.833. The largest absolute Gasteiger partial charge is 0.456 e. The quantitative estimate of drug-likeness (QED) is 0.364. The van der Waals surface area contributed by atoms with Crippen LogP contribution in [-0.4, -0.2) is 96.7 Å². The molecule has 0 aromatic carbocycles. The first-order valence-electron chi connectivity index (χ1n) is 12.4. The molecule has 4 rings (SSSR count). The average Bonchev–Trinajstić information content (AvgIpc) is 3.25. The van der Waals surface area contributed by atoms with Crippen molar-refractivity contribution < 1.29 is 61.8 Å². The smallest absolute Gasteiger partial charge is 0.303 e. The lowest BCUT2D eigenvalue weighted by molar-refractivity contribution is -0.253. The van der Waals surface area contributed by atoms with Crippen molar-refractivity contribution in [1.82, 2.24) is 5.32 Å². The van der Waals surface area contributed by atoms with E-state index >= 15 is 0 Å². The number of hydrogen-bond acceptors (Lipinski definition) is 13. The highest BCUT2D eigenvalue weighted by atomic mass is 16.9. The molecular formula is C24H35NO13. The normalized spacial score (nSPS) is 40.8. The SMILES string of the molecule is CC(=O)O[C@@H]1[C@H](OC(C)=O)[C@H](C)O[C@H](NC(=O)[C@H]2O[C@@H]3OC(C)(C)O[C@@H]3[C@H]3OC(C)(C)O[C@H]32)[C@H]1OC(C)=O. The van der Waals surface area contributed by atoms with Crippen LogP contribution in [-0.2, 0) is 61.8 Å². The Hall–Kier alpha value is -2.36. The van der Waals surface area contributed by atoms with Gasteiger partial charge in [-0.05, 0) is 34.6 Å². The molecule has 214 valence electrons. The molecule has 4 heterocycles. The van der Waals surface area contributed by atoms with Gasteiger partial charge in [-0.2, -0.15) is 0 Å². The molecule has 4 fully saturated rings. The minimum atomic E-state index is -1.35. The Morgan fingerprint density at radius 2 is 1.16 bits per heavy atom. The number of fused-ring (bicyclic) bond motifs is 3. The molecule has 4 saturated heterocycles. The zero-order valence-electron chi connectivity index (χ0n) is 22.6. The first kappa shape index (κ1) is 28.6. The van der Waals surface area contributed by atoms with E-state index in [2.05, 4.69) is 5.32 Å². The molecule has 38 heavy (non-hydrogen) atoms. The summed E-state index contributed by atoms with van der Waals surface area (Å²) in [6.45, 7) is 11.9. The van der Waals surface area contributed by atoms with Crippen molar-refractivity contribution in [3.63, 3.8) is 0 Å². The summed E-state index contributed by atoms with van der Waals surface area (Å²) in [5.41, 5.74) is 0. The lowest BCUT2D eigenvalue weighted by Crippen LogP contribution is -2.67. The van der Waals surface area contributed by atoms with Crippen LogP contribution in [0.2, 0.25) is 0 Å². The summed E-state index contributed by atoms with van der Waals surface area (Å²) in [5.74, 6) is -4.81. The summed E-state index contributed by atoms with van der Waals surface area (Å²) < 4.78 is 51.8. The van der Waals surface area contributed by atoms with E-state index in [-0.39, 0.29) is 0 Å². The topological polar surface area (TPSA) is 163 Å². The van der Waals surface area contributed by atoms with Crippen molar-refractivity contribution in [1.29, 1.82) is 0 Å². The fourth-order valence-electron chi connectivity index (χ4n) is 5.18. The highest BCUT2D eigenvalue weighted by Gasteiger charge is 2.62. The van der Waals surface area contributed by atoms with E-state index in [1.165, 1.54) is 6.92 Å². The predicted molar refractivity (Wildman–Crippen MR) is 122 cm³/mol. The van der Waals surface area contributed by atoms with E-state index in [1.54, 1.807) is 34.6 Å². The summed E-state index contributed by atoms with van der Waals surface area (Å²) in [7, 11) is 0. The Kier molecular flexibility index (Phi) is 7.78. The van der Waals surface area contributed by atoms with Gasteiger partial charge in [0.2, 0.25) is 0 Å². The minimum absolute atomic E-state index is 0.640. The lowest BCUT2D eigenvalue weighted by atomic mass is 9.96. The summed E-state index contributed by atoms with van der Waals surface area (Å²) in [5, 5.41) is 2.67. The van der Waals surface area contributed by atoms with Gasteiger partial charge in [0.15, 0.2) is 48.5 Å².